The predicted molar refractivity (Wildman–Crippen MR) is 134 cm³/mol. The van der Waals surface area contributed by atoms with E-state index < -0.39 is 11.8 Å². The third kappa shape index (κ3) is 4.64. The highest BCUT2D eigenvalue weighted by Gasteiger charge is 2.20. The van der Waals surface area contributed by atoms with Crippen molar-refractivity contribution in [3.8, 4) is 5.69 Å². The third-order valence-electron chi connectivity index (χ3n) is 5.49. The van der Waals surface area contributed by atoms with Crippen LogP contribution in [0.25, 0.3) is 15.9 Å². The van der Waals surface area contributed by atoms with E-state index in [4.69, 9.17) is 9.40 Å². The first kappa shape index (κ1) is 23.8. The molecule has 0 fully saturated rings. The van der Waals surface area contributed by atoms with Gasteiger partial charge in [-0.3, -0.25) is 29.8 Å². The van der Waals surface area contributed by atoms with Crippen LogP contribution in [-0.4, -0.2) is 27.1 Å². The number of thiophene rings is 1. The number of carbonyl (C=O) groups is 2. The van der Waals surface area contributed by atoms with Crippen LogP contribution in [0.3, 0.4) is 0 Å². The fraction of sp³-hybridized carbons (Fsp3) is 0.250. The molecule has 0 bridgehead atoms. The van der Waals surface area contributed by atoms with Gasteiger partial charge in [-0.15, -0.1) is 11.3 Å². The van der Waals surface area contributed by atoms with Crippen molar-refractivity contribution in [1.82, 2.24) is 20.4 Å². The number of carbonyl (C=O) groups excluding carboxylic acids is 2. The maximum absolute atomic E-state index is 13.7. The number of rotatable bonds is 6. The Bertz CT molecular complexity index is 1440. The van der Waals surface area contributed by atoms with Crippen molar-refractivity contribution < 1.29 is 14.0 Å². The molecule has 0 atom stereocenters. The summed E-state index contributed by atoms with van der Waals surface area (Å²) in [4.78, 5) is 44.5. The smallest absolute Gasteiger partial charge is 0.305 e. The van der Waals surface area contributed by atoms with Crippen LogP contribution in [0.15, 0.2) is 51.0 Å². The Morgan fingerprint density at radius 1 is 1.15 bits per heavy atom. The summed E-state index contributed by atoms with van der Waals surface area (Å²) in [5.41, 5.74) is 8.39. The highest BCUT2D eigenvalue weighted by atomic mass is 32.2. The number of amides is 2. The lowest BCUT2D eigenvalue weighted by molar-refractivity contribution is -0.119. The van der Waals surface area contributed by atoms with Crippen molar-refractivity contribution in [3.05, 3.63) is 74.3 Å². The quantitative estimate of drug-likeness (QED) is 0.237. The van der Waals surface area contributed by atoms with E-state index in [1.807, 2.05) is 45.9 Å². The van der Waals surface area contributed by atoms with E-state index in [1.54, 1.807) is 10.6 Å². The van der Waals surface area contributed by atoms with E-state index in [1.165, 1.54) is 23.7 Å². The van der Waals surface area contributed by atoms with E-state index in [9.17, 15) is 14.4 Å². The average Bonchev–Trinajstić information content (AvgIpc) is 3.45. The Balaban J connectivity index is 1.65. The predicted octanol–water partition coefficient (Wildman–Crippen LogP) is 4.08. The fourth-order valence-corrected chi connectivity index (χ4v) is 5.54. The van der Waals surface area contributed by atoms with E-state index in [0.29, 0.717) is 21.1 Å². The highest BCUT2D eigenvalue weighted by molar-refractivity contribution is 7.99. The summed E-state index contributed by atoms with van der Waals surface area (Å²) < 4.78 is 6.57. The second-order valence-electron chi connectivity index (χ2n) is 7.74. The SMILES string of the molecule is CCc1c(C)sc2nc(SCC(=O)NNC(=O)c3ccco3)n(-c3ccc(C)c(C)c3)c(=O)c12. The third-order valence-corrected chi connectivity index (χ3v) is 7.47. The Labute approximate surface area is 204 Å². The zero-order valence-electron chi connectivity index (χ0n) is 19.2. The molecule has 0 aliphatic heterocycles. The number of hydrogen-bond acceptors (Lipinski definition) is 7. The summed E-state index contributed by atoms with van der Waals surface area (Å²) in [5.74, 6) is -0.964. The number of aromatic nitrogens is 2. The lowest BCUT2D eigenvalue weighted by atomic mass is 10.1. The van der Waals surface area contributed by atoms with Gasteiger partial charge in [-0.2, -0.15) is 0 Å². The topological polar surface area (TPSA) is 106 Å². The van der Waals surface area contributed by atoms with E-state index in [0.717, 1.165) is 39.8 Å². The van der Waals surface area contributed by atoms with Crippen LogP contribution in [0.1, 0.15) is 39.0 Å². The molecule has 8 nitrogen and oxygen atoms in total. The number of thioether (sulfide) groups is 1. The van der Waals surface area contributed by atoms with Gasteiger partial charge >= 0.3 is 5.91 Å². The van der Waals surface area contributed by atoms with Gasteiger partial charge in [0.15, 0.2) is 10.9 Å². The van der Waals surface area contributed by atoms with Crippen LogP contribution >= 0.6 is 23.1 Å². The lowest BCUT2D eigenvalue weighted by Crippen LogP contribution is -2.42. The number of hydrogen-bond donors (Lipinski definition) is 2. The van der Waals surface area contributed by atoms with Crippen LogP contribution in [0, 0.1) is 20.8 Å². The molecular weight excluding hydrogens is 472 g/mol. The molecule has 0 spiro atoms. The zero-order valence-corrected chi connectivity index (χ0v) is 20.9. The molecule has 0 radical (unpaired) electrons. The first-order valence-corrected chi connectivity index (χ1v) is 12.5. The average molecular weight is 497 g/mol. The Morgan fingerprint density at radius 2 is 1.94 bits per heavy atom. The van der Waals surface area contributed by atoms with Gasteiger partial charge in [0, 0.05) is 4.88 Å². The van der Waals surface area contributed by atoms with Crippen molar-refractivity contribution in [2.75, 3.05) is 5.75 Å². The molecule has 176 valence electrons. The molecule has 0 aliphatic rings. The van der Waals surface area contributed by atoms with E-state index in [2.05, 4.69) is 10.9 Å². The van der Waals surface area contributed by atoms with Crippen LogP contribution in [-0.2, 0) is 11.2 Å². The molecular formula is C24H24N4O4S2. The largest absolute Gasteiger partial charge is 0.459 e. The van der Waals surface area contributed by atoms with Crippen molar-refractivity contribution in [2.45, 2.75) is 39.3 Å². The van der Waals surface area contributed by atoms with Gasteiger partial charge in [0.1, 0.15) is 4.83 Å². The van der Waals surface area contributed by atoms with Crippen molar-refractivity contribution in [2.24, 2.45) is 0 Å². The van der Waals surface area contributed by atoms with Crippen LogP contribution < -0.4 is 16.4 Å². The molecule has 1 aromatic carbocycles. The molecule has 3 aromatic heterocycles. The molecule has 0 aliphatic carbocycles. The molecule has 2 N–H and O–H groups in total. The molecule has 0 saturated heterocycles. The van der Waals surface area contributed by atoms with Gasteiger partial charge in [-0.1, -0.05) is 24.8 Å². The number of hydrazine groups is 1. The maximum atomic E-state index is 13.7. The van der Waals surface area contributed by atoms with Gasteiger partial charge in [0.25, 0.3) is 5.56 Å². The van der Waals surface area contributed by atoms with Gasteiger partial charge in [0.2, 0.25) is 5.91 Å². The summed E-state index contributed by atoms with van der Waals surface area (Å²) in [6, 6.07) is 8.87. The van der Waals surface area contributed by atoms with Crippen molar-refractivity contribution >= 4 is 45.1 Å². The van der Waals surface area contributed by atoms with Gasteiger partial charge in [-0.25, -0.2) is 4.98 Å². The Kier molecular flexibility index (Phi) is 6.90. The zero-order chi connectivity index (χ0) is 24.4. The van der Waals surface area contributed by atoms with Gasteiger partial charge < -0.3 is 4.42 Å². The fourth-order valence-electron chi connectivity index (χ4n) is 3.57. The number of fused-ring (bicyclic) bond motifs is 1. The minimum atomic E-state index is -0.559. The summed E-state index contributed by atoms with van der Waals surface area (Å²) >= 11 is 2.61. The van der Waals surface area contributed by atoms with E-state index in [-0.39, 0.29) is 17.1 Å². The maximum Gasteiger partial charge on any atom is 0.305 e. The van der Waals surface area contributed by atoms with Crippen LogP contribution in [0.4, 0.5) is 0 Å². The minimum absolute atomic E-state index is 0.0494. The minimum Gasteiger partial charge on any atom is -0.459 e. The van der Waals surface area contributed by atoms with Crippen molar-refractivity contribution in [3.63, 3.8) is 0 Å². The number of nitrogens with zero attached hydrogens (tertiary/aromatic N) is 2. The first-order chi connectivity index (χ1) is 16.3. The second kappa shape index (κ2) is 9.86. The molecule has 2 amide bonds. The summed E-state index contributed by atoms with van der Waals surface area (Å²) in [5, 5.41) is 1.04. The summed E-state index contributed by atoms with van der Waals surface area (Å²) in [6.07, 6.45) is 2.11. The Hall–Kier alpha value is -3.37. The van der Waals surface area contributed by atoms with Gasteiger partial charge in [0.05, 0.1) is 23.1 Å². The molecule has 10 heteroatoms. The molecule has 4 aromatic rings. The second-order valence-corrected chi connectivity index (χ2v) is 9.89. The molecule has 0 saturated carbocycles. The monoisotopic (exact) mass is 496 g/mol. The highest BCUT2D eigenvalue weighted by Crippen LogP contribution is 2.30. The molecule has 3 heterocycles. The molecule has 0 unspecified atom stereocenters. The van der Waals surface area contributed by atoms with Crippen LogP contribution in [0.2, 0.25) is 0 Å². The van der Waals surface area contributed by atoms with Crippen LogP contribution in [0.5, 0.6) is 0 Å². The number of benzene rings is 1. The van der Waals surface area contributed by atoms with Gasteiger partial charge in [-0.05, 0) is 68.1 Å². The number of nitrogens with one attached hydrogen (secondary N) is 2. The van der Waals surface area contributed by atoms with E-state index >= 15 is 0 Å². The summed E-state index contributed by atoms with van der Waals surface area (Å²) in [6.45, 7) is 8.02. The molecule has 4 rings (SSSR count). The van der Waals surface area contributed by atoms with Crippen molar-refractivity contribution in [1.29, 1.82) is 0 Å². The first-order valence-electron chi connectivity index (χ1n) is 10.7. The number of furan rings is 1. The normalized spacial score (nSPS) is 11.1. The summed E-state index contributed by atoms with van der Waals surface area (Å²) in [7, 11) is 0. The molecule has 34 heavy (non-hydrogen) atoms. The standard InChI is InChI=1S/C24H24N4O4S2/c1-5-17-15(4)34-22-20(17)23(31)28(16-9-8-13(2)14(3)11-16)24(25-22)33-12-19(29)26-27-21(30)18-7-6-10-32-18/h6-11H,5,12H2,1-4H3,(H,26,29)(H,27,30). The lowest BCUT2D eigenvalue weighted by Gasteiger charge is -2.14. The number of aryl methyl sites for hydroxylation is 4. The Morgan fingerprint density at radius 3 is 2.62 bits per heavy atom.